The number of pyridine rings is 1. The molecule has 0 unspecified atom stereocenters. The fourth-order valence-electron chi connectivity index (χ4n) is 1.99. The number of benzene rings is 1. The van der Waals surface area contributed by atoms with Gasteiger partial charge in [-0.3, -0.25) is 4.57 Å². The van der Waals surface area contributed by atoms with Crippen molar-refractivity contribution in [1.82, 2.24) is 14.5 Å². The third-order valence-electron chi connectivity index (χ3n) is 2.88. The maximum Gasteiger partial charge on any atom is 0.207 e. The van der Waals surface area contributed by atoms with Crippen LogP contribution in [0, 0.1) is 0 Å². The van der Waals surface area contributed by atoms with Gasteiger partial charge in [0.15, 0.2) is 5.65 Å². The van der Waals surface area contributed by atoms with Crippen molar-refractivity contribution in [2.24, 2.45) is 0 Å². The third kappa shape index (κ3) is 2.10. The minimum Gasteiger partial charge on any atom is -0.497 e. The summed E-state index contributed by atoms with van der Waals surface area (Å²) in [6.45, 7) is 0. The molecule has 5 nitrogen and oxygen atoms in total. The highest BCUT2D eigenvalue weighted by Crippen LogP contribution is 2.31. The molecule has 0 aliphatic rings. The lowest BCUT2D eigenvalue weighted by molar-refractivity contribution is 0.414. The Kier molecular flexibility index (Phi) is 3.27. The Balaban J connectivity index is 2.31. The van der Waals surface area contributed by atoms with E-state index in [9.17, 15) is 0 Å². The van der Waals surface area contributed by atoms with E-state index in [1.54, 1.807) is 23.9 Å². The highest BCUT2D eigenvalue weighted by atomic mass is 79.9. The van der Waals surface area contributed by atoms with Crippen LogP contribution in [-0.2, 0) is 0 Å². The summed E-state index contributed by atoms with van der Waals surface area (Å²) < 4.78 is 7.85. The van der Waals surface area contributed by atoms with Gasteiger partial charge in [-0.2, -0.15) is 0 Å². The number of aromatic nitrogens is 3. The Morgan fingerprint density at radius 1 is 1.35 bits per heavy atom. The first-order chi connectivity index (χ1) is 9.60. The molecule has 0 atom stereocenters. The van der Waals surface area contributed by atoms with Crippen LogP contribution in [0.25, 0.3) is 16.9 Å². The zero-order valence-electron chi connectivity index (χ0n) is 10.5. The number of anilines is 1. The molecule has 0 spiro atoms. The summed E-state index contributed by atoms with van der Waals surface area (Å²) in [5.74, 6) is 1.06. The summed E-state index contributed by atoms with van der Waals surface area (Å²) in [6, 6.07) is 7.32. The number of hydrogen-bond acceptors (Lipinski definition) is 4. The minimum absolute atomic E-state index is 0.337. The smallest absolute Gasteiger partial charge is 0.207 e. The van der Waals surface area contributed by atoms with Gasteiger partial charge in [0.1, 0.15) is 11.3 Å². The Labute approximate surface area is 128 Å². The number of nitrogens with zero attached hydrogens (tertiary/aromatic N) is 3. The minimum atomic E-state index is 0.337. The molecule has 102 valence electrons. The van der Waals surface area contributed by atoms with Crippen LogP contribution >= 0.6 is 27.5 Å². The van der Waals surface area contributed by atoms with Gasteiger partial charge in [0, 0.05) is 16.7 Å². The molecular formula is C13H10BrClN4O. The Bertz CT molecular complexity index is 802. The van der Waals surface area contributed by atoms with Crippen LogP contribution in [-0.4, -0.2) is 21.6 Å². The van der Waals surface area contributed by atoms with Crippen molar-refractivity contribution in [1.29, 1.82) is 0 Å². The maximum atomic E-state index is 6.00. The first-order valence-electron chi connectivity index (χ1n) is 5.73. The number of methoxy groups -OCH3 is 1. The molecule has 0 aliphatic carbocycles. The third-order valence-corrected chi connectivity index (χ3v) is 3.76. The number of nitrogens with two attached hydrogens (primary N) is 1. The van der Waals surface area contributed by atoms with Gasteiger partial charge in [0.05, 0.1) is 17.8 Å². The van der Waals surface area contributed by atoms with E-state index in [1.165, 1.54) is 0 Å². The second kappa shape index (κ2) is 4.96. The average Bonchev–Trinajstić information content (AvgIpc) is 2.74. The van der Waals surface area contributed by atoms with Gasteiger partial charge in [-0.1, -0.05) is 11.6 Å². The highest BCUT2D eigenvalue weighted by Gasteiger charge is 2.14. The van der Waals surface area contributed by atoms with Crippen LogP contribution < -0.4 is 10.5 Å². The first-order valence-corrected chi connectivity index (χ1v) is 6.90. The summed E-state index contributed by atoms with van der Waals surface area (Å²) in [7, 11) is 1.61. The average molecular weight is 354 g/mol. The molecule has 0 saturated carbocycles. The van der Waals surface area contributed by atoms with E-state index in [4.69, 9.17) is 22.1 Å². The van der Waals surface area contributed by atoms with E-state index in [-0.39, 0.29) is 0 Å². The topological polar surface area (TPSA) is 66.0 Å². The largest absolute Gasteiger partial charge is 0.497 e. The quantitative estimate of drug-likeness (QED) is 0.766. The lowest BCUT2D eigenvalue weighted by Crippen LogP contribution is -2.02. The van der Waals surface area contributed by atoms with Crippen LogP contribution in [0.5, 0.6) is 5.75 Å². The summed E-state index contributed by atoms with van der Waals surface area (Å²) in [6.07, 6.45) is 1.57. The number of nitrogen functional groups attached to an aromatic ring is 1. The van der Waals surface area contributed by atoms with Crippen LogP contribution in [0.2, 0.25) is 5.02 Å². The Morgan fingerprint density at radius 3 is 2.90 bits per heavy atom. The fraction of sp³-hybridized carbons (Fsp3) is 0.0769. The molecule has 0 fully saturated rings. The van der Waals surface area contributed by atoms with Crippen LogP contribution in [0.1, 0.15) is 0 Å². The Morgan fingerprint density at radius 2 is 2.15 bits per heavy atom. The van der Waals surface area contributed by atoms with E-state index in [1.807, 2.05) is 18.2 Å². The lowest BCUT2D eigenvalue weighted by atomic mass is 10.3. The second-order valence-corrected chi connectivity index (χ2v) is 5.41. The van der Waals surface area contributed by atoms with Crippen molar-refractivity contribution in [2.75, 3.05) is 12.8 Å². The molecule has 2 heterocycles. The predicted octanol–water partition coefficient (Wildman–Crippen LogP) is 3.43. The molecule has 0 saturated heterocycles. The molecule has 1 aromatic carbocycles. The summed E-state index contributed by atoms with van der Waals surface area (Å²) >= 11 is 9.43. The molecular weight excluding hydrogens is 344 g/mol. The Hall–Kier alpha value is -1.79. The number of fused-ring (bicyclic) bond motifs is 1. The molecule has 20 heavy (non-hydrogen) atoms. The maximum absolute atomic E-state index is 6.00. The summed E-state index contributed by atoms with van der Waals surface area (Å²) in [4.78, 5) is 8.58. The molecule has 7 heteroatoms. The van der Waals surface area contributed by atoms with E-state index in [0.29, 0.717) is 22.1 Å². The van der Waals surface area contributed by atoms with Crippen molar-refractivity contribution in [3.63, 3.8) is 0 Å². The van der Waals surface area contributed by atoms with Crippen molar-refractivity contribution in [3.05, 3.63) is 40.0 Å². The molecule has 0 aliphatic heterocycles. The molecule has 0 bridgehead atoms. The fourth-order valence-corrected chi connectivity index (χ4v) is 2.56. The van der Waals surface area contributed by atoms with E-state index in [2.05, 4.69) is 25.9 Å². The van der Waals surface area contributed by atoms with Crippen LogP contribution in [0.3, 0.4) is 0 Å². The summed E-state index contributed by atoms with van der Waals surface area (Å²) in [5.41, 5.74) is 8.09. The SMILES string of the molecule is COc1ccc(Br)c(-n2c(N)nc3cc(Cl)cnc32)c1. The normalized spacial score (nSPS) is 10.9. The summed E-state index contributed by atoms with van der Waals surface area (Å²) in [5, 5.41) is 0.520. The monoisotopic (exact) mass is 352 g/mol. The predicted molar refractivity (Wildman–Crippen MR) is 82.5 cm³/mol. The number of imidazole rings is 1. The number of ether oxygens (including phenoxy) is 1. The second-order valence-electron chi connectivity index (χ2n) is 4.12. The zero-order chi connectivity index (χ0) is 14.3. The van der Waals surface area contributed by atoms with E-state index in [0.717, 1.165) is 15.9 Å². The van der Waals surface area contributed by atoms with Crippen molar-refractivity contribution in [2.45, 2.75) is 0 Å². The molecule has 0 radical (unpaired) electrons. The van der Waals surface area contributed by atoms with Gasteiger partial charge >= 0.3 is 0 Å². The van der Waals surface area contributed by atoms with Gasteiger partial charge in [-0.25, -0.2) is 9.97 Å². The van der Waals surface area contributed by atoms with Gasteiger partial charge in [0.2, 0.25) is 5.95 Å². The standard InChI is InChI=1S/C13H10BrClN4O/c1-20-8-2-3-9(14)11(5-8)19-12-10(18-13(19)16)4-7(15)6-17-12/h2-6H,1H3,(H2,16,18). The van der Waals surface area contributed by atoms with Crippen LogP contribution in [0.4, 0.5) is 5.95 Å². The highest BCUT2D eigenvalue weighted by molar-refractivity contribution is 9.10. The van der Waals surface area contributed by atoms with Gasteiger partial charge < -0.3 is 10.5 Å². The van der Waals surface area contributed by atoms with Crippen LogP contribution in [0.15, 0.2) is 34.9 Å². The number of rotatable bonds is 2. The molecule has 3 aromatic rings. The molecule has 0 amide bonds. The molecule has 2 aromatic heterocycles. The molecule has 3 rings (SSSR count). The zero-order valence-corrected chi connectivity index (χ0v) is 12.8. The number of hydrogen-bond donors (Lipinski definition) is 1. The van der Waals surface area contributed by atoms with Gasteiger partial charge in [-0.15, -0.1) is 0 Å². The number of halogens is 2. The van der Waals surface area contributed by atoms with Crippen molar-refractivity contribution >= 4 is 44.6 Å². The first kappa shape index (κ1) is 13.2. The van der Waals surface area contributed by atoms with Gasteiger partial charge in [0.25, 0.3) is 0 Å². The lowest BCUT2D eigenvalue weighted by Gasteiger charge is -2.10. The molecule has 2 N–H and O–H groups in total. The van der Waals surface area contributed by atoms with E-state index < -0.39 is 0 Å². The van der Waals surface area contributed by atoms with Crippen molar-refractivity contribution < 1.29 is 4.74 Å². The van der Waals surface area contributed by atoms with Gasteiger partial charge in [-0.05, 0) is 34.1 Å². The van der Waals surface area contributed by atoms with E-state index >= 15 is 0 Å². The van der Waals surface area contributed by atoms with Crippen molar-refractivity contribution in [3.8, 4) is 11.4 Å².